The molecule has 0 radical (unpaired) electrons. The van der Waals surface area contributed by atoms with Crippen molar-refractivity contribution < 1.29 is 18.0 Å². The Balaban J connectivity index is 1.71. The number of benzene rings is 3. The molecule has 1 aliphatic heterocycles. The molecule has 8 heteroatoms. The third kappa shape index (κ3) is 5.04. The molecule has 1 N–H and O–H groups in total. The van der Waals surface area contributed by atoms with E-state index < -0.39 is 17.5 Å². The summed E-state index contributed by atoms with van der Waals surface area (Å²) in [5.41, 5.74) is 2.41. The van der Waals surface area contributed by atoms with Crippen molar-refractivity contribution in [1.82, 2.24) is 15.2 Å². The topological polar surface area (TPSA) is 69.0 Å². The van der Waals surface area contributed by atoms with Crippen LogP contribution in [-0.4, -0.2) is 42.0 Å². The number of likely N-dealkylation sites (N-methyl/N-ethyl adjacent to an activating group) is 1. The highest BCUT2D eigenvalue weighted by Crippen LogP contribution is 2.34. The number of nitrogens with zero attached hydrogens (tertiary/aromatic N) is 3. The van der Waals surface area contributed by atoms with Gasteiger partial charge in [0.2, 0.25) is 0 Å². The van der Waals surface area contributed by atoms with Crippen molar-refractivity contribution in [2.75, 3.05) is 20.1 Å². The fourth-order valence-electron chi connectivity index (χ4n) is 4.87. The number of fused-ring (bicyclic) bond motifs is 1. The van der Waals surface area contributed by atoms with Crippen LogP contribution in [-0.2, 0) is 0 Å². The van der Waals surface area contributed by atoms with Crippen molar-refractivity contribution in [1.29, 1.82) is 5.26 Å². The van der Waals surface area contributed by atoms with Gasteiger partial charge >= 0.3 is 0 Å². The highest BCUT2D eigenvalue weighted by molar-refractivity contribution is 6.12. The number of rotatable bonds is 5. The van der Waals surface area contributed by atoms with Crippen LogP contribution in [0.1, 0.15) is 28.8 Å². The first-order chi connectivity index (χ1) is 17.8. The zero-order chi connectivity index (χ0) is 26.1. The van der Waals surface area contributed by atoms with Gasteiger partial charge in [-0.2, -0.15) is 5.26 Å². The summed E-state index contributed by atoms with van der Waals surface area (Å²) in [6.07, 6.45) is 3.42. The van der Waals surface area contributed by atoms with Crippen molar-refractivity contribution in [2.24, 2.45) is 0 Å². The first kappa shape index (κ1) is 24.5. The highest BCUT2D eigenvalue weighted by Gasteiger charge is 2.25. The third-order valence-corrected chi connectivity index (χ3v) is 6.62. The van der Waals surface area contributed by atoms with E-state index in [1.807, 2.05) is 6.07 Å². The number of hydrogen-bond donors (Lipinski definition) is 1. The quantitative estimate of drug-likeness (QED) is 0.383. The van der Waals surface area contributed by atoms with Gasteiger partial charge in [0.25, 0.3) is 5.91 Å². The van der Waals surface area contributed by atoms with Crippen LogP contribution in [0.2, 0.25) is 0 Å². The van der Waals surface area contributed by atoms with Crippen LogP contribution in [0.25, 0.3) is 33.2 Å². The van der Waals surface area contributed by atoms with Gasteiger partial charge in [0, 0.05) is 42.8 Å². The van der Waals surface area contributed by atoms with E-state index in [2.05, 4.69) is 10.3 Å². The van der Waals surface area contributed by atoms with E-state index in [1.165, 1.54) is 12.3 Å². The average Bonchev–Trinajstić information content (AvgIpc) is 3.39. The van der Waals surface area contributed by atoms with Crippen LogP contribution in [0.15, 0.2) is 60.8 Å². The van der Waals surface area contributed by atoms with Gasteiger partial charge in [0.1, 0.15) is 17.5 Å². The molecular formula is C29H23F3N4O. The first-order valence-corrected chi connectivity index (χ1v) is 11.9. The second-order valence-electron chi connectivity index (χ2n) is 9.26. The Labute approximate surface area is 212 Å². The Kier molecular flexibility index (Phi) is 6.64. The van der Waals surface area contributed by atoms with E-state index in [1.54, 1.807) is 36.2 Å². The summed E-state index contributed by atoms with van der Waals surface area (Å²) in [6, 6.07) is 14.3. The Morgan fingerprint density at radius 1 is 1.03 bits per heavy atom. The van der Waals surface area contributed by atoms with E-state index in [0.717, 1.165) is 43.7 Å². The van der Waals surface area contributed by atoms with Crippen LogP contribution in [0.3, 0.4) is 0 Å². The molecule has 3 aromatic carbocycles. The summed E-state index contributed by atoms with van der Waals surface area (Å²) < 4.78 is 42.5. The minimum absolute atomic E-state index is 0.157. The van der Waals surface area contributed by atoms with E-state index in [-0.39, 0.29) is 34.2 Å². The van der Waals surface area contributed by atoms with Gasteiger partial charge in [-0.15, -0.1) is 0 Å². The molecule has 37 heavy (non-hydrogen) atoms. The van der Waals surface area contributed by atoms with Gasteiger partial charge in [-0.05, 0) is 78.5 Å². The maximum absolute atomic E-state index is 14.2. The summed E-state index contributed by atoms with van der Waals surface area (Å²) in [6.45, 7) is 1.36. The molecular weight excluding hydrogens is 477 g/mol. The molecule has 5 nitrogen and oxygen atoms in total. The van der Waals surface area contributed by atoms with Crippen LogP contribution in [0, 0.1) is 28.8 Å². The molecule has 1 aromatic heterocycles. The normalized spacial score (nSPS) is 15.1. The minimum atomic E-state index is -0.769. The smallest absolute Gasteiger partial charge is 0.255 e. The lowest BCUT2D eigenvalue weighted by atomic mass is 9.94. The molecule has 0 unspecified atom stereocenters. The minimum Gasteiger partial charge on any atom is -0.340 e. The number of nitriles is 1. The molecule has 0 saturated carbocycles. The lowest BCUT2D eigenvalue weighted by Gasteiger charge is -2.23. The van der Waals surface area contributed by atoms with Crippen LogP contribution >= 0.6 is 0 Å². The van der Waals surface area contributed by atoms with E-state index in [4.69, 9.17) is 0 Å². The monoisotopic (exact) mass is 500 g/mol. The number of carbonyl (C=O) groups excluding carboxylic acids is 1. The van der Waals surface area contributed by atoms with Gasteiger partial charge in [0.05, 0.1) is 22.7 Å². The molecule has 0 bridgehead atoms. The predicted octanol–water partition coefficient (Wildman–Crippen LogP) is 5.68. The molecule has 2 heterocycles. The standard InChI is InChI=1S/C29H23F3N4O/c1-36(16-24-3-2-6-34-24)29(37)28-25-12-18(19-7-17(14-33)8-21(30)9-19)4-5-27(25)35-15-26(28)20-10-22(31)13-23(32)11-20/h4-5,7-13,15,24,34H,2-3,6,16H2,1H3/t24-/m0/s1. The van der Waals surface area contributed by atoms with Gasteiger partial charge in [-0.25, -0.2) is 13.2 Å². The lowest BCUT2D eigenvalue weighted by Crippen LogP contribution is -2.38. The maximum Gasteiger partial charge on any atom is 0.255 e. The number of carbonyl (C=O) groups is 1. The molecule has 4 aromatic rings. The molecule has 1 amide bonds. The molecule has 1 aliphatic rings. The molecule has 0 aliphatic carbocycles. The summed E-state index contributed by atoms with van der Waals surface area (Å²) >= 11 is 0. The van der Waals surface area contributed by atoms with Crippen molar-refractivity contribution in [3.63, 3.8) is 0 Å². The summed E-state index contributed by atoms with van der Waals surface area (Å²) in [5.74, 6) is -2.42. The Hall–Kier alpha value is -4.22. The highest BCUT2D eigenvalue weighted by atomic mass is 19.1. The van der Waals surface area contributed by atoms with Gasteiger partial charge in [0.15, 0.2) is 0 Å². The largest absolute Gasteiger partial charge is 0.340 e. The Morgan fingerprint density at radius 2 is 1.76 bits per heavy atom. The number of hydrogen-bond acceptors (Lipinski definition) is 4. The summed E-state index contributed by atoms with van der Waals surface area (Å²) in [4.78, 5) is 19.9. The van der Waals surface area contributed by atoms with E-state index in [0.29, 0.717) is 28.6 Å². The van der Waals surface area contributed by atoms with Crippen molar-refractivity contribution >= 4 is 16.8 Å². The number of nitrogens with one attached hydrogen (secondary N) is 1. The van der Waals surface area contributed by atoms with Crippen LogP contribution in [0.4, 0.5) is 13.2 Å². The van der Waals surface area contributed by atoms with Crippen molar-refractivity contribution in [2.45, 2.75) is 18.9 Å². The average molecular weight is 501 g/mol. The lowest BCUT2D eigenvalue weighted by molar-refractivity contribution is 0.0786. The molecule has 1 fully saturated rings. The van der Waals surface area contributed by atoms with Crippen molar-refractivity contribution in [3.8, 4) is 28.3 Å². The molecule has 1 atom stereocenters. The van der Waals surface area contributed by atoms with Gasteiger partial charge < -0.3 is 10.2 Å². The van der Waals surface area contributed by atoms with E-state index >= 15 is 0 Å². The number of amides is 1. The number of aromatic nitrogens is 1. The molecule has 5 rings (SSSR count). The maximum atomic E-state index is 14.2. The second kappa shape index (κ2) is 10.0. The Morgan fingerprint density at radius 3 is 2.46 bits per heavy atom. The zero-order valence-electron chi connectivity index (χ0n) is 20.1. The third-order valence-electron chi connectivity index (χ3n) is 6.62. The molecule has 186 valence electrons. The van der Waals surface area contributed by atoms with Crippen molar-refractivity contribution in [3.05, 3.63) is 89.4 Å². The fourth-order valence-corrected chi connectivity index (χ4v) is 4.87. The predicted molar refractivity (Wildman–Crippen MR) is 135 cm³/mol. The summed E-state index contributed by atoms with van der Waals surface area (Å²) in [5, 5.41) is 13.1. The Bertz CT molecular complexity index is 1540. The molecule has 1 saturated heterocycles. The molecule has 0 spiro atoms. The van der Waals surface area contributed by atoms with E-state index in [9.17, 15) is 23.2 Å². The van der Waals surface area contributed by atoms with Gasteiger partial charge in [-0.3, -0.25) is 9.78 Å². The van der Waals surface area contributed by atoms with Crippen LogP contribution < -0.4 is 5.32 Å². The summed E-state index contributed by atoms with van der Waals surface area (Å²) in [7, 11) is 1.69. The second-order valence-corrected chi connectivity index (χ2v) is 9.26. The number of pyridine rings is 1. The fraction of sp³-hybridized carbons (Fsp3) is 0.207. The van der Waals surface area contributed by atoms with Crippen LogP contribution in [0.5, 0.6) is 0 Å². The number of halogens is 3. The first-order valence-electron chi connectivity index (χ1n) is 11.9. The van der Waals surface area contributed by atoms with Gasteiger partial charge in [-0.1, -0.05) is 6.07 Å². The zero-order valence-corrected chi connectivity index (χ0v) is 20.1. The SMILES string of the molecule is CN(C[C@@H]1CCCN1)C(=O)c1c(-c2cc(F)cc(F)c2)cnc2ccc(-c3cc(F)cc(C#N)c3)cc12.